The molecule has 2 amide bonds. The number of aryl methyl sites for hydroxylation is 1. The van der Waals surface area contributed by atoms with Crippen LogP contribution in [0.5, 0.6) is 0 Å². The highest BCUT2D eigenvalue weighted by atomic mass is 35.5. The van der Waals surface area contributed by atoms with Crippen LogP contribution < -0.4 is 9.62 Å². The summed E-state index contributed by atoms with van der Waals surface area (Å²) in [6, 6.07) is 21.3. The molecule has 0 aromatic heterocycles. The van der Waals surface area contributed by atoms with Crippen LogP contribution in [-0.4, -0.2) is 50.5 Å². The summed E-state index contributed by atoms with van der Waals surface area (Å²) in [6.07, 6.45) is 3.07. The van der Waals surface area contributed by atoms with Gasteiger partial charge in [-0.2, -0.15) is 0 Å². The molecule has 3 aromatic carbocycles. The second-order valence-corrected chi connectivity index (χ2v) is 12.3. The molecule has 0 aliphatic rings. The molecule has 0 fully saturated rings. The zero-order chi connectivity index (χ0) is 29.3. The van der Waals surface area contributed by atoms with E-state index in [4.69, 9.17) is 11.6 Å². The van der Waals surface area contributed by atoms with Crippen LogP contribution in [0, 0.1) is 13.8 Å². The van der Waals surface area contributed by atoms with Crippen molar-refractivity contribution >= 4 is 39.1 Å². The fourth-order valence-electron chi connectivity index (χ4n) is 4.41. The van der Waals surface area contributed by atoms with Gasteiger partial charge in [-0.05, 0) is 49.1 Å². The van der Waals surface area contributed by atoms with E-state index in [1.54, 1.807) is 25.1 Å². The molecule has 40 heavy (non-hydrogen) atoms. The van der Waals surface area contributed by atoms with Crippen molar-refractivity contribution in [3.8, 4) is 0 Å². The van der Waals surface area contributed by atoms with Crippen LogP contribution in [0.1, 0.15) is 42.0 Å². The molecule has 0 aliphatic carbocycles. The number of unbranched alkanes of at least 4 members (excludes halogenated alkanes) is 1. The number of sulfonamides is 1. The van der Waals surface area contributed by atoms with E-state index in [2.05, 4.69) is 5.32 Å². The van der Waals surface area contributed by atoms with Gasteiger partial charge < -0.3 is 10.2 Å². The molecule has 1 unspecified atom stereocenters. The van der Waals surface area contributed by atoms with Gasteiger partial charge in [-0.25, -0.2) is 8.42 Å². The Kier molecular flexibility index (Phi) is 11.2. The first-order chi connectivity index (χ1) is 19.0. The Balaban J connectivity index is 2.05. The van der Waals surface area contributed by atoms with Crippen LogP contribution in [0.4, 0.5) is 5.69 Å². The summed E-state index contributed by atoms with van der Waals surface area (Å²) < 4.78 is 27.0. The predicted octanol–water partition coefficient (Wildman–Crippen LogP) is 5.28. The maximum atomic E-state index is 14.1. The quantitative estimate of drug-likeness (QED) is 0.277. The van der Waals surface area contributed by atoms with Crippen LogP contribution in [0.15, 0.2) is 72.8 Å². The molecule has 0 heterocycles. The molecule has 0 saturated carbocycles. The maximum Gasteiger partial charge on any atom is 0.244 e. The van der Waals surface area contributed by atoms with Crippen molar-refractivity contribution in [2.45, 2.75) is 52.6 Å². The van der Waals surface area contributed by atoms with E-state index in [0.29, 0.717) is 22.8 Å². The second kappa shape index (κ2) is 14.3. The molecule has 9 heteroatoms. The average Bonchev–Trinajstić information content (AvgIpc) is 2.92. The number of hydrogen-bond donors (Lipinski definition) is 1. The lowest BCUT2D eigenvalue weighted by molar-refractivity contribution is -0.140. The van der Waals surface area contributed by atoms with Gasteiger partial charge >= 0.3 is 0 Å². The van der Waals surface area contributed by atoms with Crippen LogP contribution in [0.3, 0.4) is 0 Å². The lowest BCUT2D eigenvalue weighted by atomic mass is 10.0. The molecule has 3 aromatic rings. The number of rotatable bonds is 13. The van der Waals surface area contributed by atoms with Crippen molar-refractivity contribution in [3.05, 3.63) is 100 Å². The fraction of sp³-hybridized carbons (Fsp3) is 0.355. The third kappa shape index (κ3) is 8.57. The number of nitrogens with zero attached hydrogens (tertiary/aromatic N) is 2. The number of halogens is 1. The van der Waals surface area contributed by atoms with Gasteiger partial charge in [-0.3, -0.25) is 13.9 Å². The normalized spacial score (nSPS) is 12.0. The molecule has 0 aliphatic heterocycles. The zero-order valence-corrected chi connectivity index (χ0v) is 25.1. The molecule has 0 saturated heterocycles. The fourth-order valence-corrected chi connectivity index (χ4v) is 5.48. The van der Waals surface area contributed by atoms with E-state index in [-0.39, 0.29) is 18.9 Å². The lowest BCUT2D eigenvalue weighted by Gasteiger charge is -2.34. The van der Waals surface area contributed by atoms with Crippen molar-refractivity contribution in [1.82, 2.24) is 10.2 Å². The molecule has 0 spiro atoms. The van der Waals surface area contributed by atoms with Crippen LogP contribution in [-0.2, 0) is 32.6 Å². The molecule has 214 valence electrons. The van der Waals surface area contributed by atoms with E-state index in [0.717, 1.165) is 40.1 Å². The van der Waals surface area contributed by atoms with Gasteiger partial charge in [-0.15, -0.1) is 0 Å². The van der Waals surface area contributed by atoms with Crippen molar-refractivity contribution in [3.63, 3.8) is 0 Å². The Morgan fingerprint density at radius 2 is 1.60 bits per heavy atom. The van der Waals surface area contributed by atoms with Gasteiger partial charge in [0.15, 0.2) is 0 Å². The van der Waals surface area contributed by atoms with Crippen molar-refractivity contribution in [1.29, 1.82) is 0 Å². The van der Waals surface area contributed by atoms with Crippen molar-refractivity contribution < 1.29 is 18.0 Å². The molecule has 1 N–H and O–H groups in total. The Labute approximate surface area is 243 Å². The number of amides is 2. The van der Waals surface area contributed by atoms with Crippen LogP contribution >= 0.6 is 11.6 Å². The first kappa shape index (κ1) is 31.2. The minimum absolute atomic E-state index is 0.143. The highest BCUT2D eigenvalue weighted by Gasteiger charge is 2.33. The molecule has 0 radical (unpaired) electrons. The van der Waals surface area contributed by atoms with Gasteiger partial charge in [-0.1, -0.05) is 91.2 Å². The van der Waals surface area contributed by atoms with Crippen LogP contribution in [0.2, 0.25) is 5.02 Å². The topological polar surface area (TPSA) is 86.8 Å². The lowest BCUT2D eigenvalue weighted by Crippen LogP contribution is -2.53. The van der Waals surface area contributed by atoms with E-state index >= 15 is 0 Å². The predicted molar refractivity (Wildman–Crippen MR) is 162 cm³/mol. The molecule has 3 rings (SSSR count). The summed E-state index contributed by atoms with van der Waals surface area (Å²) in [5.41, 5.74) is 3.67. The standard InChI is InChI=1S/C31H38ClN3O4S/c1-5-6-19-33-31(37)29(20-25-11-8-7-9-12-25)34(21-26-17-15-23(2)16-18-26)30(36)22-35(40(4,38)39)28-14-10-13-27(32)24(28)3/h7-18,29H,5-6,19-22H2,1-4H3,(H,33,37). The number of benzene rings is 3. The van der Waals surface area contributed by atoms with Gasteiger partial charge in [0, 0.05) is 24.5 Å². The first-order valence-corrected chi connectivity index (χ1v) is 15.6. The van der Waals surface area contributed by atoms with Gasteiger partial charge in [0.05, 0.1) is 11.9 Å². The minimum Gasteiger partial charge on any atom is -0.354 e. The van der Waals surface area contributed by atoms with E-state index in [9.17, 15) is 18.0 Å². The van der Waals surface area contributed by atoms with Crippen molar-refractivity contribution in [2.75, 3.05) is 23.7 Å². The monoisotopic (exact) mass is 583 g/mol. The molecule has 1 atom stereocenters. The smallest absolute Gasteiger partial charge is 0.244 e. The van der Waals surface area contributed by atoms with E-state index < -0.39 is 28.5 Å². The molecule has 0 bridgehead atoms. The summed E-state index contributed by atoms with van der Waals surface area (Å²) in [5, 5.41) is 3.38. The zero-order valence-electron chi connectivity index (χ0n) is 23.6. The van der Waals surface area contributed by atoms with Gasteiger partial charge in [0.25, 0.3) is 0 Å². The Morgan fingerprint density at radius 3 is 2.23 bits per heavy atom. The summed E-state index contributed by atoms with van der Waals surface area (Å²) in [7, 11) is -3.86. The number of nitrogens with one attached hydrogen (secondary N) is 1. The van der Waals surface area contributed by atoms with Gasteiger partial charge in [0.2, 0.25) is 21.8 Å². The summed E-state index contributed by atoms with van der Waals surface area (Å²) in [5.74, 6) is -0.764. The highest BCUT2D eigenvalue weighted by molar-refractivity contribution is 7.92. The minimum atomic E-state index is -3.86. The number of carbonyl (C=O) groups is 2. The number of carbonyl (C=O) groups excluding carboxylic acids is 2. The third-order valence-electron chi connectivity index (χ3n) is 6.76. The van der Waals surface area contributed by atoms with E-state index in [1.165, 1.54) is 4.90 Å². The summed E-state index contributed by atoms with van der Waals surface area (Å²) >= 11 is 6.30. The Morgan fingerprint density at radius 1 is 0.925 bits per heavy atom. The first-order valence-electron chi connectivity index (χ1n) is 13.4. The maximum absolute atomic E-state index is 14.1. The Hall–Kier alpha value is -3.36. The summed E-state index contributed by atoms with van der Waals surface area (Å²) in [4.78, 5) is 29.2. The number of anilines is 1. The molecular formula is C31H38ClN3O4S. The van der Waals surface area contributed by atoms with Crippen LogP contribution in [0.25, 0.3) is 0 Å². The van der Waals surface area contributed by atoms with Crippen molar-refractivity contribution in [2.24, 2.45) is 0 Å². The third-order valence-corrected chi connectivity index (χ3v) is 8.30. The average molecular weight is 584 g/mol. The van der Waals surface area contributed by atoms with E-state index in [1.807, 2.05) is 68.4 Å². The number of hydrogen-bond acceptors (Lipinski definition) is 4. The van der Waals surface area contributed by atoms with Gasteiger partial charge in [0.1, 0.15) is 12.6 Å². The molecule has 7 nitrogen and oxygen atoms in total. The largest absolute Gasteiger partial charge is 0.354 e. The Bertz CT molecular complexity index is 1400. The highest BCUT2D eigenvalue weighted by Crippen LogP contribution is 2.28. The summed E-state index contributed by atoms with van der Waals surface area (Å²) in [6.45, 7) is 5.89. The molecular weight excluding hydrogens is 546 g/mol. The second-order valence-electron chi connectivity index (χ2n) is 10.0. The SMILES string of the molecule is CCCCNC(=O)C(Cc1ccccc1)N(Cc1ccc(C)cc1)C(=O)CN(c1cccc(Cl)c1C)S(C)(=O)=O.